The first-order valence-corrected chi connectivity index (χ1v) is 7.71. The Labute approximate surface area is 132 Å². The number of non-ortho nitro benzene ring substituents is 1. The molecule has 0 radical (unpaired) electrons. The Hall–Kier alpha value is -2.65. The number of nitro groups is 1. The van der Waals surface area contributed by atoms with E-state index in [1.54, 1.807) is 0 Å². The fourth-order valence-corrected chi connectivity index (χ4v) is 2.88. The molecule has 0 saturated heterocycles. The van der Waals surface area contributed by atoms with Crippen molar-refractivity contribution in [2.75, 3.05) is 14.2 Å². The van der Waals surface area contributed by atoms with Gasteiger partial charge in [-0.1, -0.05) is 18.2 Å². The largest absolute Gasteiger partial charge is 0.493 e. The van der Waals surface area contributed by atoms with Gasteiger partial charge in [-0.15, -0.1) is 0 Å². The van der Waals surface area contributed by atoms with Gasteiger partial charge in [0.2, 0.25) is 0 Å². The van der Waals surface area contributed by atoms with Crippen molar-refractivity contribution in [3.8, 4) is 22.6 Å². The van der Waals surface area contributed by atoms with Gasteiger partial charge in [0.05, 0.1) is 25.2 Å². The van der Waals surface area contributed by atoms with Crippen LogP contribution in [0.5, 0.6) is 11.5 Å². The standard InChI is InChI=1S/C14H13NO7S/c1-21-12-8-9(15(16)17)7-11(14(12)22-2)10-5-3-4-6-13(10)23(18,19)20/h3-8H,1-2H3,(H,18,19,20). The van der Waals surface area contributed by atoms with Gasteiger partial charge in [0.1, 0.15) is 4.90 Å². The van der Waals surface area contributed by atoms with Crippen LogP contribution in [0, 0.1) is 10.1 Å². The maximum Gasteiger partial charge on any atom is 0.295 e. The molecule has 0 spiro atoms. The predicted molar refractivity (Wildman–Crippen MR) is 81.5 cm³/mol. The van der Waals surface area contributed by atoms with E-state index in [4.69, 9.17) is 9.47 Å². The second-order valence-corrected chi connectivity index (χ2v) is 5.85. The highest BCUT2D eigenvalue weighted by Gasteiger charge is 2.24. The van der Waals surface area contributed by atoms with Crippen LogP contribution in [0.25, 0.3) is 11.1 Å². The molecule has 9 heteroatoms. The zero-order valence-electron chi connectivity index (χ0n) is 12.2. The van der Waals surface area contributed by atoms with Crippen molar-refractivity contribution in [1.29, 1.82) is 0 Å². The molecule has 0 atom stereocenters. The van der Waals surface area contributed by atoms with Crippen LogP contribution in [0.2, 0.25) is 0 Å². The normalized spacial score (nSPS) is 11.1. The van der Waals surface area contributed by atoms with E-state index in [1.807, 2.05) is 0 Å². The molecule has 0 aliphatic heterocycles. The summed E-state index contributed by atoms with van der Waals surface area (Å²) in [7, 11) is -1.90. The van der Waals surface area contributed by atoms with E-state index in [0.717, 1.165) is 6.07 Å². The molecule has 2 aromatic carbocycles. The van der Waals surface area contributed by atoms with Gasteiger partial charge in [-0.25, -0.2) is 0 Å². The lowest BCUT2D eigenvalue weighted by Gasteiger charge is -2.14. The summed E-state index contributed by atoms with van der Waals surface area (Å²) in [5.74, 6) is 0.191. The third-order valence-corrected chi connectivity index (χ3v) is 4.04. The topological polar surface area (TPSA) is 116 Å². The summed E-state index contributed by atoms with van der Waals surface area (Å²) in [6, 6.07) is 7.88. The Morgan fingerprint density at radius 2 is 1.74 bits per heavy atom. The zero-order chi connectivity index (χ0) is 17.2. The lowest BCUT2D eigenvalue weighted by atomic mass is 10.0. The van der Waals surface area contributed by atoms with Crippen LogP contribution in [-0.4, -0.2) is 32.1 Å². The summed E-state index contributed by atoms with van der Waals surface area (Å²) in [5.41, 5.74) is -0.122. The van der Waals surface area contributed by atoms with E-state index in [-0.39, 0.29) is 33.2 Å². The Balaban J connectivity index is 2.88. The number of ether oxygens (including phenoxy) is 2. The van der Waals surface area contributed by atoms with Crippen LogP contribution in [-0.2, 0) is 10.1 Å². The maximum atomic E-state index is 11.5. The minimum Gasteiger partial charge on any atom is -0.493 e. The average molecular weight is 339 g/mol. The van der Waals surface area contributed by atoms with Gasteiger partial charge >= 0.3 is 0 Å². The van der Waals surface area contributed by atoms with Crippen LogP contribution in [0.3, 0.4) is 0 Å². The van der Waals surface area contributed by atoms with Gasteiger partial charge in [-0.05, 0) is 6.07 Å². The van der Waals surface area contributed by atoms with E-state index in [2.05, 4.69) is 0 Å². The van der Waals surface area contributed by atoms with Gasteiger partial charge in [-0.2, -0.15) is 8.42 Å². The van der Waals surface area contributed by atoms with Crippen LogP contribution in [0.4, 0.5) is 5.69 Å². The van der Waals surface area contributed by atoms with Crippen LogP contribution in [0.15, 0.2) is 41.3 Å². The van der Waals surface area contributed by atoms with Crippen molar-refractivity contribution < 1.29 is 27.4 Å². The van der Waals surface area contributed by atoms with Crippen molar-refractivity contribution in [2.24, 2.45) is 0 Å². The average Bonchev–Trinajstić information content (AvgIpc) is 2.52. The molecular formula is C14H13NO7S. The summed E-state index contributed by atoms with van der Waals surface area (Å²) in [6.07, 6.45) is 0. The molecule has 0 bridgehead atoms. The molecule has 0 saturated carbocycles. The van der Waals surface area contributed by atoms with Crippen LogP contribution >= 0.6 is 0 Å². The summed E-state index contributed by atoms with van der Waals surface area (Å²) in [5, 5.41) is 11.1. The second-order valence-electron chi connectivity index (χ2n) is 4.46. The molecule has 122 valence electrons. The van der Waals surface area contributed by atoms with E-state index in [0.29, 0.717) is 0 Å². The number of hydrogen-bond donors (Lipinski definition) is 1. The minimum atomic E-state index is -4.53. The summed E-state index contributed by atoms with van der Waals surface area (Å²) < 4.78 is 42.7. The van der Waals surface area contributed by atoms with Gasteiger partial charge in [-0.3, -0.25) is 14.7 Å². The highest BCUT2D eigenvalue weighted by molar-refractivity contribution is 7.86. The molecule has 2 rings (SSSR count). The van der Waals surface area contributed by atoms with E-state index in [1.165, 1.54) is 44.6 Å². The number of methoxy groups -OCH3 is 2. The van der Waals surface area contributed by atoms with Gasteiger partial charge in [0, 0.05) is 17.2 Å². The van der Waals surface area contributed by atoms with Gasteiger partial charge in [0.15, 0.2) is 11.5 Å². The molecule has 0 aliphatic rings. The van der Waals surface area contributed by atoms with Crippen molar-refractivity contribution in [1.82, 2.24) is 0 Å². The Morgan fingerprint density at radius 1 is 1.09 bits per heavy atom. The smallest absolute Gasteiger partial charge is 0.295 e. The Morgan fingerprint density at radius 3 is 2.26 bits per heavy atom. The molecule has 0 heterocycles. The Kier molecular flexibility index (Phi) is 4.52. The zero-order valence-corrected chi connectivity index (χ0v) is 13.0. The van der Waals surface area contributed by atoms with Crippen molar-refractivity contribution in [3.05, 3.63) is 46.5 Å². The first-order valence-electron chi connectivity index (χ1n) is 6.27. The van der Waals surface area contributed by atoms with E-state index in [9.17, 15) is 23.1 Å². The summed E-state index contributed by atoms with van der Waals surface area (Å²) in [6.45, 7) is 0. The molecule has 0 fully saturated rings. The quantitative estimate of drug-likeness (QED) is 0.505. The third kappa shape index (κ3) is 3.25. The molecule has 0 unspecified atom stereocenters. The molecule has 0 aromatic heterocycles. The molecule has 8 nitrogen and oxygen atoms in total. The van der Waals surface area contributed by atoms with Gasteiger partial charge < -0.3 is 9.47 Å². The van der Waals surface area contributed by atoms with Crippen LogP contribution in [0.1, 0.15) is 0 Å². The first-order chi connectivity index (χ1) is 10.8. The lowest BCUT2D eigenvalue weighted by molar-refractivity contribution is -0.384. The van der Waals surface area contributed by atoms with Gasteiger partial charge in [0.25, 0.3) is 15.8 Å². The molecule has 2 aromatic rings. The number of hydrogen-bond acceptors (Lipinski definition) is 6. The van der Waals surface area contributed by atoms with Crippen LogP contribution < -0.4 is 9.47 Å². The highest BCUT2D eigenvalue weighted by atomic mass is 32.2. The molecule has 0 amide bonds. The minimum absolute atomic E-state index is 0.0638. The first kappa shape index (κ1) is 16.7. The number of nitro benzene ring substituents is 1. The van der Waals surface area contributed by atoms with E-state index >= 15 is 0 Å². The monoisotopic (exact) mass is 339 g/mol. The fraction of sp³-hybridized carbons (Fsp3) is 0.143. The van der Waals surface area contributed by atoms with Crippen molar-refractivity contribution >= 4 is 15.8 Å². The molecule has 23 heavy (non-hydrogen) atoms. The summed E-state index contributed by atoms with van der Waals surface area (Å²) in [4.78, 5) is 10.1. The predicted octanol–water partition coefficient (Wildman–Crippen LogP) is 2.53. The lowest BCUT2D eigenvalue weighted by Crippen LogP contribution is -2.02. The van der Waals surface area contributed by atoms with Crippen molar-refractivity contribution in [2.45, 2.75) is 4.90 Å². The SMILES string of the molecule is COc1cc([N+](=O)[O-])cc(-c2ccccc2S(=O)(=O)O)c1OC. The van der Waals surface area contributed by atoms with Crippen molar-refractivity contribution in [3.63, 3.8) is 0 Å². The fourth-order valence-electron chi connectivity index (χ4n) is 2.17. The maximum absolute atomic E-state index is 11.5. The van der Waals surface area contributed by atoms with E-state index < -0.39 is 15.0 Å². The molecule has 1 N–H and O–H groups in total. The number of benzene rings is 2. The Bertz CT molecular complexity index is 861. The third-order valence-electron chi connectivity index (χ3n) is 3.13. The summed E-state index contributed by atoms with van der Waals surface area (Å²) >= 11 is 0. The molecule has 0 aliphatic carbocycles. The highest BCUT2D eigenvalue weighted by Crippen LogP contribution is 2.43. The number of nitrogens with zero attached hydrogens (tertiary/aromatic N) is 1. The number of rotatable bonds is 5. The molecular weight excluding hydrogens is 326 g/mol. The second kappa shape index (κ2) is 6.23.